The Bertz CT molecular complexity index is 495. The van der Waals surface area contributed by atoms with E-state index in [1.165, 1.54) is 0 Å². The average molecular weight is 266 g/mol. The Hall–Kier alpha value is -1.81. The van der Waals surface area contributed by atoms with Crippen molar-refractivity contribution >= 4 is 23.5 Å². The summed E-state index contributed by atoms with van der Waals surface area (Å²) < 4.78 is 0. The van der Waals surface area contributed by atoms with Gasteiger partial charge in [0.1, 0.15) is 0 Å². The first-order valence-corrected chi connectivity index (χ1v) is 5.91. The predicted molar refractivity (Wildman–Crippen MR) is 67.6 cm³/mol. The second-order valence-electron chi connectivity index (χ2n) is 4.15. The molecule has 2 atom stereocenters. The minimum atomic E-state index is -0.866. The van der Waals surface area contributed by atoms with Gasteiger partial charge in [-0.1, -0.05) is 23.8 Å². The summed E-state index contributed by atoms with van der Waals surface area (Å²) in [6, 6.07) is 6.31. The second kappa shape index (κ2) is 5.23. The third-order valence-corrected chi connectivity index (χ3v) is 3.08. The average Bonchev–Trinajstić information content (AvgIpc) is 2.78. The van der Waals surface area contributed by atoms with Crippen LogP contribution in [0.5, 0.6) is 0 Å². The van der Waals surface area contributed by atoms with Gasteiger partial charge in [0.25, 0.3) is 5.91 Å². The number of nitrogens with one attached hydrogen (secondary N) is 1. The lowest BCUT2D eigenvalue weighted by Crippen LogP contribution is -2.33. The number of benzene rings is 1. The number of carbonyl (C=O) groups excluding carboxylic acids is 1. The molecule has 1 aliphatic rings. The lowest BCUT2D eigenvalue weighted by molar-refractivity contribution is -0.140. The highest BCUT2D eigenvalue weighted by molar-refractivity contribution is 6.30. The van der Waals surface area contributed by atoms with Crippen LogP contribution in [-0.4, -0.2) is 23.0 Å². The van der Waals surface area contributed by atoms with E-state index in [4.69, 9.17) is 16.7 Å². The highest BCUT2D eigenvalue weighted by Crippen LogP contribution is 2.18. The second-order valence-corrected chi connectivity index (χ2v) is 4.59. The molecule has 0 fully saturated rings. The molecular formula is C13H12ClNO3. The molecule has 0 aromatic heterocycles. The fourth-order valence-electron chi connectivity index (χ4n) is 1.84. The van der Waals surface area contributed by atoms with Crippen LogP contribution in [0.3, 0.4) is 0 Å². The molecule has 0 spiro atoms. The van der Waals surface area contributed by atoms with E-state index in [0.717, 1.165) is 0 Å². The summed E-state index contributed by atoms with van der Waals surface area (Å²) in [5.41, 5.74) is 0.506. The summed E-state index contributed by atoms with van der Waals surface area (Å²) in [4.78, 5) is 22.6. The van der Waals surface area contributed by atoms with E-state index in [0.29, 0.717) is 17.0 Å². The first kappa shape index (κ1) is 12.6. The predicted octanol–water partition coefficient (Wildman–Crippen LogP) is 2.10. The highest BCUT2D eigenvalue weighted by Gasteiger charge is 2.25. The maximum atomic E-state index is 11.9. The normalized spacial score (nSPS) is 21.8. The van der Waals surface area contributed by atoms with Crippen molar-refractivity contribution in [2.75, 3.05) is 0 Å². The topological polar surface area (TPSA) is 66.4 Å². The molecule has 5 heteroatoms. The quantitative estimate of drug-likeness (QED) is 0.823. The maximum Gasteiger partial charge on any atom is 0.310 e. The molecule has 1 aromatic rings. The number of halogens is 1. The number of hydrogen-bond acceptors (Lipinski definition) is 2. The molecule has 2 rings (SSSR count). The van der Waals surface area contributed by atoms with Gasteiger partial charge in [-0.25, -0.2) is 0 Å². The van der Waals surface area contributed by atoms with Gasteiger partial charge in [0.2, 0.25) is 0 Å². The number of aliphatic carboxylic acids is 1. The summed E-state index contributed by atoms with van der Waals surface area (Å²) in [6.45, 7) is 0. The van der Waals surface area contributed by atoms with E-state index in [2.05, 4.69) is 5.32 Å². The molecule has 1 aliphatic carbocycles. The Labute approximate surface area is 109 Å². The third kappa shape index (κ3) is 2.90. The molecular weight excluding hydrogens is 254 g/mol. The van der Waals surface area contributed by atoms with E-state index in [-0.39, 0.29) is 11.9 Å². The van der Waals surface area contributed by atoms with E-state index in [9.17, 15) is 9.59 Å². The molecule has 0 saturated heterocycles. The van der Waals surface area contributed by atoms with Crippen LogP contribution in [0.2, 0.25) is 5.02 Å². The van der Waals surface area contributed by atoms with Crippen LogP contribution in [-0.2, 0) is 4.79 Å². The van der Waals surface area contributed by atoms with Gasteiger partial charge in [-0.2, -0.15) is 0 Å². The van der Waals surface area contributed by atoms with Crippen LogP contribution in [0.1, 0.15) is 16.8 Å². The van der Waals surface area contributed by atoms with Gasteiger partial charge in [-0.05, 0) is 30.7 Å². The molecule has 0 radical (unpaired) electrons. The number of carboxylic acid groups (broad SMARTS) is 1. The van der Waals surface area contributed by atoms with Crippen molar-refractivity contribution in [3.63, 3.8) is 0 Å². The molecule has 0 heterocycles. The maximum absolute atomic E-state index is 11.9. The number of carboxylic acids is 1. The van der Waals surface area contributed by atoms with Crippen LogP contribution in [0.4, 0.5) is 0 Å². The summed E-state index contributed by atoms with van der Waals surface area (Å²) in [7, 11) is 0. The van der Waals surface area contributed by atoms with Crippen molar-refractivity contribution in [3.05, 3.63) is 47.0 Å². The molecule has 0 saturated carbocycles. The van der Waals surface area contributed by atoms with Crippen molar-refractivity contribution in [1.29, 1.82) is 0 Å². The van der Waals surface area contributed by atoms with Gasteiger partial charge in [0.15, 0.2) is 0 Å². The summed E-state index contributed by atoms with van der Waals surface area (Å²) >= 11 is 5.73. The van der Waals surface area contributed by atoms with E-state index >= 15 is 0 Å². The number of amides is 1. The van der Waals surface area contributed by atoms with Crippen LogP contribution < -0.4 is 5.32 Å². The Kier molecular flexibility index (Phi) is 3.67. The molecule has 0 aliphatic heterocycles. The first-order chi connectivity index (χ1) is 8.56. The summed E-state index contributed by atoms with van der Waals surface area (Å²) in [5, 5.41) is 12.2. The molecule has 2 N–H and O–H groups in total. The molecule has 1 aromatic carbocycles. The molecule has 2 unspecified atom stereocenters. The smallest absolute Gasteiger partial charge is 0.310 e. The van der Waals surface area contributed by atoms with Gasteiger partial charge in [-0.3, -0.25) is 9.59 Å². The van der Waals surface area contributed by atoms with E-state index in [1.807, 2.05) is 0 Å². The fourth-order valence-corrected chi connectivity index (χ4v) is 1.97. The minimum absolute atomic E-state index is 0.228. The lowest BCUT2D eigenvalue weighted by atomic mass is 10.1. The Morgan fingerprint density at radius 2 is 1.89 bits per heavy atom. The van der Waals surface area contributed by atoms with Gasteiger partial charge < -0.3 is 10.4 Å². The zero-order valence-corrected chi connectivity index (χ0v) is 10.2. The van der Waals surface area contributed by atoms with Crippen LogP contribution >= 0.6 is 11.6 Å². The zero-order chi connectivity index (χ0) is 13.1. The van der Waals surface area contributed by atoms with Crippen molar-refractivity contribution < 1.29 is 14.7 Å². The zero-order valence-electron chi connectivity index (χ0n) is 9.47. The molecule has 1 amide bonds. The fraction of sp³-hybridized carbons (Fsp3) is 0.231. The van der Waals surface area contributed by atoms with E-state index < -0.39 is 11.9 Å². The van der Waals surface area contributed by atoms with Gasteiger partial charge >= 0.3 is 5.97 Å². The Morgan fingerprint density at radius 3 is 2.44 bits per heavy atom. The minimum Gasteiger partial charge on any atom is -0.481 e. The molecule has 94 valence electrons. The van der Waals surface area contributed by atoms with Crippen molar-refractivity contribution in [2.45, 2.75) is 12.5 Å². The monoisotopic (exact) mass is 265 g/mol. The van der Waals surface area contributed by atoms with Crippen LogP contribution in [0.25, 0.3) is 0 Å². The lowest BCUT2D eigenvalue weighted by Gasteiger charge is -2.12. The first-order valence-electron chi connectivity index (χ1n) is 5.54. The largest absolute Gasteiger partial charge is 0.481 e. The molecule has 4 nitrogen and oxygen atoms in total. The number of rotatable bonds is 3. The van der Waals surface area contributed by atoms with Crippen molar-refractivity contribution in [2.24, 2.45) is 5.92 Å². The standard InChI is InChI=1S/C13H12ClNO3/c14-10-4-1-8(2-5-10)12(16)15-11-6-3-9(7-11)13(17)18/h1-6,9,11H,7H2,(H,15,16)(H,17,18). The summed E-state index contributed by atoms with van der Waals surface area (Å²) in [5.74, 6) is -1.61. The van der Waals surface area contributed by atoms with Crippen molar-refractivity contribution in [3.8, 4) is 0 Å². The third-order valence-electron chi connectivity index (χ3n) is 2.82. The number of carbonyl (C=O) groups is 2. The van der Waals surface area contributed by atoms with Gasteiger partial charge in [0.05, 0.1) is 5.92 Å². The SMILES string of the molecule is O=C(NC1C=CC(C(=O)O)C1)c1ccc(Cl)cc1. The van der Waals surface area contributed by atoms with E-state index in [1.54, 1.807) is 36.4 Å². The van der Waals surface area contributed by atoms with Gasteiger partial charge in [0, 0.05) is 16.6 Å². The van der Waals surface area contributed by atoms with Crippen LogP contribution in [0, 0.1) is 5.92 Å². The molecule has 0 bridgehead atoms. The molecule has 18 heavy (non-hydrogen) atoms. The summed E-state index contributed by atoms with van der Waals surface area (Å²) in [6.07, 6.45) is 3.72. The Morgan fingerprint density at radius 1 is 1.22 bits per heavy atom. The van der Waals surface area contributed by atoms with Crippen molar-refractivity contribution in [1.82, 2.24) is 5.32 Å². The Balaban J connectivity index is 1.95. The van der Waals surface area contributed by atoms with Crippen LogP contribution in [0.15, 0.2) is 36.4 Å². The number of hydrogen-bond donors (Lipinski definition) is 2. The van der Waals surface area contributed by atoms with Gasteiger partial charge in [-0.15, -0.1) is 0 Å². The highest BCUT2D eigenvalue weighted by atomic mass is 35.5.